The summed E-state index contributed by atoms with van der Waals surface area (Å²) in [5.41, 5.74) is 6.00. The van der Waals surface area contributed by atoms with Gasteiger partial charge < -0.3 is 15.4 Å². The number of rotatable bonds is 4. The van der Waals surface area contributed by atoms with Crippen LogP contribution in [0.1, 0.15) is 23.7 Å². The summed E-state index contributed by atoms with van der Waals surface area (Å²) in [4.78, 5) is 14.0. The van der Waals surface area contributed by atoms with E-state index >= 15 is 0 Å². The maximum absolute atomic E-state index is 12.4. The van der Waals surface area contributed by atoms with Gasteiger partial charge in [-0.25, -0.2) is 0 Å². The quantitative estimate of drug-likeness (QED) is 0.927. The van der Waals surface area contributed by atoms with Crippen LogP contribution in [0.2, 0.25) is 0 Å². The number of para-hydroxylation sites is 1. The zero-order valence-electron chi connectivity index (χ0n) is 11.7. The molecule has 0 aromatic heterocycles. The molecule has 1 fully saturated rings. The largest absolute Gasteiger partial charge is 0.434 e. The second kappa shape index (κ2) is 7.56. The van der Waals surface area contributed by atoms with Crippen LogP contribution in [0.25, 0.3) is 0 Å². The topological polar surface area (TPSA) is 55.6 Å². The van der Waals surface area contributed by atoms with Gasteiger partial charge in [-0.15, -0.1) is 12.4 Å². The molecule has 1 aliphatic rings. The first kappa shape index (κ1) is 17.7. The van der Waals surface area contributed by atoms with Crippen molar-refractivity contribution in [1.29, 1.82) is 0 Å². The molecule has 0 aliphatic carbocycles. The molecule has 1 aromatic rings. The summed E-state index contributed by atoms with van der Waals surface area (Å²) in [6, 6.07) is 6.08. The normalized spacial score (nSPS) is 19.3. The van der Waals surface area contributed by atoms with Crippen molar-refractivity contribution in [1.82, 2.24) is 4.90 Å². The van der Waals surface area contributed by atoms with E-state index in [-0.39, 0.29) is 41.6 Å². The van der Waals surface area contributed by atoms with Crippen molar-refractivity contribution in [3.8, 4) is 5.75 Å². The number of benzene rings is 1. The number of hydrogen-bond donors (Lipinski definition) is 1. The number of ether oxygens (including phenoxy) is 1. The predicted molar refractivity (Wildman–Crippen MR) is 78.0 cm³/mol. The van der Waals surface area contributed by atoms with E-state index in [1.165, 1.54) is 12.1 Å². The highest BCUT2D eigenvalue weighted by atomic mass is 35.5. The Morgan fingerprint density at radius 2 is 2.10 bits per heavy atom. The molecule has 0 bridgehead atoms. The SMILES string of the molecule is CC(N)C1CCN(C(=O)c2ccccc2OC(F)F)C1.Cl. The Bertz CT molecular complexity index is 486. The van der Waals surface area contributed by atoms with Crippen molar-refractivity contribution in [2.75, 3.05) is 13.1 Å². The maximum atomic E-state index is 12.4. The van der Waals surface area contributed by atoms with Gasteiger partial charge in [-0.1, -0.05) is 12.1 Å². The Morgan fingerprint density at radius 3 is 2.67 bits per heavy atom. The lowest BCUT2D eigenvalue weighted by molar-refractivity contribution is -0.0502. The molecule has 118 valence electrons. The number of likely N-dealkylation sites (tertiary alicyclic amines) is 1. The van der Waals surface area contributed by atoms with Gasteiger partial charge in [-0.2, -0.15) is 8.78 Å². The molecule has 21 heavy (non-hydrogen) atoms. The zero-order chi connectivity index (χ0) is 14.7. The Balaban J connectivity index is 0.00000220. The van der Waals surface area contributed by atoms with Crippen molar-refractivity contribution < 1.29 is 18.3 Å². The molecule has 2 unspecified atom stereocenters. The minimum absolute atomic E-state index is 0. The number of amides is 1. The first-order valence-corrected chi connectivity index (χ1v) is 6.57. The summed E-state index contributed by atoms with van der Waals surface area (Å²) in [5.74, 6) is -0.122. The minimum atomic E-state index is -2.95. The third kappa shape index (κ3) is 4.28. The standard InChI is InChI=1S/C14H18F2N2O2.ClH/c1-9(17)10-6-7-18(8-10)13(19)11-4-2-3-5-12(11)20-14(15)16;/h2-5,9-10,14H,6-8,17H2,1H3;1H. The van der Waals surface area contributed by atoms with E-state index in [2.05, 4.69) is 4.74 Å². The predicted octanol–water partition coefficient (Wildman–Crippen LogP) is 2.52. The van der Waals surface area contributed by atoms with Crippen molar-refractivity contribution in [3.63, 3.8) is 0 Å². The van der Waals surface area contributed by atoms with E-state index in [1.54, 1.807) is 17.0 Å². The van der Waals surface area contributed by atoms with E-state index in [9.17, 15) is 13.6 Å². The summed E-state index contributed by atoms with van der Waals surface area (Å²) < 4.78 is 29.1. The first-order chi connectivity index (χ1) is 9.49. The van der Waals surface area contributed by atoms with E-state index in [0.29, 0.717) is 13.1 Å². The maximum Gasteiger partial charge on any atom is 0.387 e. The first-order valence-electron chi connectivity index (χ1n) is 6.57. The molecule has 1 heterocycles. The lowest BCUT2D eigenvalue weighted by Crippen LogP contribution is -2.33. The third-order valence-electron chi connectivity index (χ3n) is 3.59. The Hall–Kier alpha value is -1.40. The van der Waals surface area contributed by atoms with Crippen molar-refractivity contribution in [2.45, 2.75) is 26.0 Å². The molecule has 4 nitrogen and oxygen atoms in total. The number of carbonyl (C=O) groups is 1. The van der Waals surface area contributed by atoms with Crippen LogP contribution in [0.4, 0.5) is 8.78 Å². The average molecular weight is 321 g/mol. The van der Waals surface area contributed by atoms with Crippen molar-refractivity contribution in [3.05, 3.63) is 29.8 Å². The second-order valence-electron chi connectivity index (χ2n) is 5.03. The Labute approximate surface area is 128 Å². The summed E-state index contributed by atoms with van der Waals surface area (Å²) in [6.07, 6.45) is 0.835. The van der Waals surface area contributed by atoms with E-state index in [0.717, 1.165) is 6.42 Å². The van der Waals surface area contributed by atoms with Gasteiger partial charge in [-0.3, -0.25) is 4.79 Å². The molecule has 0 spiro atoms. The fourth-order valence-electron chi connectivity index (χ4n) is 2.41. The molecule has 1 aliphatic heterocycles. The Morgan fingerprint density at radius 1 is 1.43 bits per heavy atom. The molecular weight excluding hydrogens is 302 g/mol. The van der Waals surface area contributed by atoms with Gasteiger partial charge in [-0.05, 0) is 31.4 Å². The zero-order valence-corrected chi connectivity index (χ0v) is 12.5. The van der Waals surface area contributed by atoms with Crippen LogP contribution in [0.5, 0.6) is 5.75 Å². The minimum Gasteiger partial charge on any atom is -0.434 e. The number of alkyl halides is 2. The van der Waals surface area contributed by atoms with Crippen molar-refractivity contribution in [2.24, 2.45) is 11.7 Å². The van der Waals surface area contributed by atoms with Crippen LogP contribution in [0, 0.1) is 5.92 Å². The van der Waals surface area contributed by atoms with Crippen LogP contribution in [0.3, 0.4) is 0 Å². The molecule has 2 N–H and O–H groups in total. The molecule has 1 amide bonds. The molecule has 7 heteroatoms. The molecule has 0 radical (unpaired) electrons. The molecule has 1 aromatic carbocycles. The van der Waals surface area contributed by atoms with Gasteiger partial charge in [0.05, 0.1) is 5.56 Å². The van der Waals surface area contributed by atoms with Crippen LogP contribution < -0.4 is 10.5 Å². The van der Waals surface area contributed by atoms with Crippen LogP contribution >= 0.6 is 12.4 Å². The van der Waals surface area contributed by atoms with E-state index in [4.69, 9.17) is 5.73 Å². The number of hydrogen-bond acceptors (Lipinski definition) is 3. The fraction of sp³-hybridized carbons (Fsp3) is 0.500. The number of halogens is 3. The summed E-state index contributed by atoms with van der Waals surface area (Å²) in [6.45, 7) is 0.111. The summed E-state index contributed by atoms with van der Waals surface area (Å²) in [5, 5.41) is 0. The van der Waals surface area contributed by atoms with Gasteiger partial charge in [0.25, 0.3) is 5.91 Å². The number of carbonyl (C=O) groups excluding carboxylic acids is 1. The van der Waals surface area contributed by atoms with Gasteiger partial charge in [0.1, 0.15) is 5.75 Å². The van der Waals surface area contributed by atoms with Gasteiger partial charge in [0, 0.05) is 19.1 Å². The van der Waals surface area contributed by atoms with Crippen LogP contribution in [0.15, 0.2) is 24.3 Å². The smallest absolute Gasteiger partial charge is 0.387 e. The molecule has 2 atom stereocenters. The van der Waals surface area contributed by atoms with Gasteiger partial charge >= 0.3 is 6.61 Å². The summed E-state index contributed by atoms with van der Waals surface area (Å²) in [7, 11) is 0. The highest BCUT2D eigenvalue weighted by Crippen LogP contribution is 2.25. The van der Waals surface area contributed by atoms with Gasteiger partial charge in [0.2, 0.25) is 0 Å². The van der Waals surface area contributed by atoms with Gasteiger partial charge in [0.15, 0.2) is 0 Å². The summed E-state index contributed by atoms with van der Waals surface area (Å²) >= 11 is 0. The highest BCUT2D eigenvalue weighted by Gasteiger charge is 2.30. The van der Waals surface area contributed by atoms with Crippen LogP contribution in [-0.4, -0.2) is 36.5 Å². The Kier molecular flexibility index (Phi) is 6.36. The molecule has 0 saturated carbocycles. The van der Waals surface area contributed by atoms with E-state index < -0.39 is 6.61 Å². The fourth-order valence-corrected chi connectivity index (χ4v) is 2.41. The molecule has 1 saturated heterocycles. The molecule has 2 rings (SSSR count). The lowest BCUT2D eigenvalue weighted by Gasteiger charge is -2.19. The average Bonchev–Trinajstić information content (AvgIpc) is 2.87. The van der Waals surface area contributed by atoms with E-state index in [1.807, 2.05) is 6.92 Å². The monoisotopic (exact) mass is 320 g/mol. The highest BCUT2D eigenvalue weighted by molar-refractivity contribution is 5.97. The van der Waals surface area contributed by atoms with Crippen molar-refractivity contribution >= 4 is 18.3 Å². The van der Waals surface area contributed by atoms with Crippen LogP contribution in [-0.2, 0) is 0 Å². The number of nitrogens with two attached hydrogens (primary N) is 1. The third-order valence-corrected chi connectivity index (χ3v) is 3.59. The lowest BCUT2D eigenvalue weighted by atomic mass is 10.0. The second-order valence-corrected chi connectivity index (χ2v) is 5.03. The number of nitrogens with zero attached hydrogens (tertiary/aromatic N) is 1. The molecular formula is C14H19ClF2N2O2.